The zero-order valence-corrected chi connectivity index (χ0v) is 19.8. The smallest absolute Gasteiger partial charge is 0.235 e. The molecule has 3 rings (SSSR count). The van der Waals surface area contributed by atoms with E-state index < -0.39 is 0 Å². The Morgan fingerprint density at radius 2 is 1.84 bits per heavy atom. The molecule has 0 aromatic carbocycles. The molecule has 1 N–H and O–H groups in total. The third kappa shape index (κ3) is 6.15. The molecule has 0 radical (unpaired) electrons. The zero-order valence-electron chi connectivity index (χ0n) is 19.0. The first kappa shape index (κ1) is 23.9. The van der Waals surface area contributed by atoms with Gasteiger partial charge in [-0.25, -0.2) is 4.98 Å². The van der Waals surface area contributed by atoms with Gasteiger partial charge >= 0.3 is 0 Å². The van der Waals surface area contributed by atoms with Gasteiger partial charge in [0.05, 0.1) is 37.8 Å². The first-order valence-corrected chi connectivity index (χ1v) is 11.1. The highest BCUT2D eigenvalue weighted by molar-refractivity contribution is 8.01. The molecule has 0 aliphatic rings. The molecule has 0 fully saturated rings. The van der Waals surface area contributed by atoms with Crippen LogP contribution in [0.15, 0.2) is 30.6 Å². The number of pyridine rings is 1. The molecule has 172 valence electrons. The topological polar surface area (TPSA) is 109 Å². The molecule has 11 heteroatoms. The SMILES string of the molecule is COCC(COC)n1c(NS[C@@H](C)Cc2cnc(C)cn2)nnc1-c1cccc(OC)n1. The third-order valence-electron chi connectivity index (χ3n) is 4.62. The molecule has 10 nitrogen and oxygen atoms in total. The number of nitrogens with zero attached hydrogens (tertiary/aromatic N) is 6. The summed E-state index contributed by atoms with van der Waals surface area (Å²) in [6.07, 6.45) is 4.36. The van der Waals surface area contributed by atoms with E-state index in [4.69, 9.17) is 14.2 Å². The summed E-state index contributed by atoms with van der Waals surface area (Å²) in [6, 6.07) is 5.38. The maximum atomic E-state index is 5.43. The minimum absolute atomic E-state index is 0.149. The van der Waals surface area contributed by atoms with Crippen molar-refractivity contribution in [3.8, 4) is 17.4 Å². The van der Waals surface area contributed by atoms with Crippen LogP contribution in [0.5, 0.6) is 5.88 Å². The van der Waals surface area contributed by atoms with Gasteiger partial charge in [-0.05, 0) is 24.9 Å². The Labute approximate surface area is 192 Å². The van der Waals surface area contributed by atoms with E-state index in [1.807, 2.05) is 29.8 Å². The van der Waals surface area contributed by atoms with Gasteiger partial charge in [0, 0.05) is 44.4 Å². The fourth-order valence-corrected chi connectivity index (χ4v) is 3.83. The lowest BCUT2D eigenvalue weighted by molar-refractivity contribution is 0.0908. The molecule has 1 atom stereocenters. The Hall–Kier alpha value is -2.76. The Bertz CT molecular complexity index is 978. The zero-order chi connectivity index (χ0) is 22.9. The van der Waals surface area contributed by atoms with Crippen molar-refractivity contribution < 1.29 is 14.2 Å². The van der Waals surface area contributed by atoms with Crippen LogP contribution in [0.1, 0.15) is 24.4 Å². The minimum atomic E-state index is -0.149. The fourth-order valence-electron chi connectivity index (χ4n) is 3.13. The van der Waals surface area contributed by atoms with E-state index >= 15 is 0 Å². The summed E-state index contributed by atoms with van der Waals surface area (Å²) >= 11 is 1.54. The number of rotatable bonds is 12. The van der Waals surface area contributed by atoms with Gasteiger partial charge in [-0.2, -0.15) is 0 Å². The first-order chi connectivity index (χ1) is 15.5. The van der Waals surface area contributed by atoms with E-state index in [1.54, 1.807) is 45.5 Å². The number of hydrogen-bond acceptors (Lipinski definition) is 10. The highest BCUT2D eigenvalue weighted by Gasteiger charge is 2.23. The molecule has 3 aromatic rings. The molecule has 0 unspecified atom stereocenters. The van der Waals surface area contributed by atoms with Crippen LogP contribution in [-0.4, -0.2) is 69.5 Å². The quantitative estimate of drug-likeness (QED) is 0.406. The van der Waals surface area contributed by atoms with Crippen molar-refractivity contribution in [3.05, 3.63) is 42.0 Å². The van der Waals surface area contributed by atoms with Crippen LogP contribution < -0.4 is 9.46 Å². The second-order valence-corrected chi connectivity index (χ2v) is 8.48. The van der Waals surface area contributed by atoms with Crippen LogP contribution in [0.3, 0.4) is 0 Å². The van der Waals surface area contributed by atoms with Crippen molar-refractivity contribution in [2.45, 2.75) is 31.6 Å². The molecule has 3 aromatic heterocycles. The third-order valence-corrected chi connectivity index (χ3v) is 5.49. The summed E-state index contributed by atoms with van der Waals surface area (Å²) in [4.78, 5) is 13.3. The predicted octanol–water partition coefficient (Wildman–Crippen LogP) is 2.97. The highest BCUT2D eigenvalue weighted by atomic mass is 32.2. The molecule has 0 spiro atoms. The van der Waals surface area contributed by atoms with Gasteiger partial charge in [-0.3, -0.25) is 19.3 Å². The lowest BCUT2D eigenvalue weighted by atomic mass is 10.2. The average molecular weight is 460 g/mol. The number of hydrogen-bond donors (Lipinski definition) is 1. The summed E-state index contributed by atoms with van der Waals surface area (Å²) in [6.45, 7) is 4.90. The molecule has 0 saturated carbocycles. The Morgan fingerprint density at radius 1 is 1.06 bits per heavy atom. The number of anilines is 1. The largest absolute Gasteiger partial charge is 0.481 e. The molecule has 32 heavy (non-hydrogen) atoms. The molecular formula is C21H29N7O3S. The summed E-state index contributed by atoms with van der Waals surface area (Å²) in [5.41, 5.74) is 2.49. The maximum absolute atomic E-state index is 5.43. The van der Waals surface area contributed by atoms with Crippen molar-refractivity contribution in [1.82, 2.24) is 29.7 Å². The lowest BCUT2D eigenvalue weighted by Crippen LogP contribution is -2.22. The second-order valence-electron chi connectivity index (χ2n) is 7.23. The summed E-state index contributed by atoms with van der Waals surface area (Å²) in [5.74, 6) is 1.70. The molecule has 0 saturated heterocycles. The van der Waals surface area contributed by atoms with Gasteiger partial charge in [-0.15, -0.1) is 10.2 Å². The molecule has 0 bridgehead atoms. The van der Waals surface area contributed by atoms with E-state index in [0.717, 1.165) is 17.8 Å². The van der Waals surface area contributed by atoms with E-state index in [1.165, 1.54) is 0 Å². The molecule has 3 heterocycles. The minimum Gasteiger partial charge on any atom is -0.481 e. The lowest BCUT2D eigenvalue weighted by Gasteiger charge is -2.21. The number of aryl methyl sites for hydroxylation is 1. The van der Waals surface area contributed by atoms with Crippen LogP contribution in [-0.2, 0) is 15.9 Å². The van der Waals surface area contributed by atoms with Gasteiger partial charge in [0.2, 0.25) is 11.8 Å². The number of methoxy groups -OCH3 is 3. The van der Waals surface area contributed by atoms with Gasteiger partial charge < -0.3 is 14.2 Å². The predicted molar refractivity (Wildman–Crippen MR) is 124 cm³/mol. The first-order valence-electron chi connectivity index (χ1n) is 10.2. The Kier molecular flexibility index (Phi) is 8.77. The van der Waals surface area contributed by atoms with Crippen molar-refractivity contribution in [1.29, 1.82) is 0 Å². The molecular weight excluding hydrogens is 430 g/mol. The second kappa shape index (κ2) is 11.7. The fraction of sp³-hybridized carbons (Fsp3) is 0.476. The van der Waals surface area contributed by atoms with Gasteiger partial charge in [-0.1, -0.05) is 13.0 Å². The van der Waals surface area contributed by atoms with Gasteiger partial charge in [0.15, 0.2) is 5.82 Å². The maximum Gasteiger partial charge on any atom is 0.235 e. The number of ether oxygens (including phenoxy) is 3. The van der Waals surface area contributed by atoms with Crippen molar-refractivity contribution in [2.24, 2.45) is 0 Å². The normalized spacial score (nSPS) is 12.2. The Balaban J connectivity index is 1.83. The summed E-state index contributed by atoms with van der Waals surface area (Å²) < 4.78 is 21.4. The number of nitrogens with one attached hydrogen (secondary N) is 1. The van der Waals surface area contributed by atoms with Gasteiger partial charge in [0.1, 0.15) is 5.69 Å². The highest BCUT2D eigenvalue weighted by Crippen LogP contribution is 2.28. The van der Waals surface area contributed by atoms with E-state index in [0.29, 0.717) is 36.6 Å². The van der Waals surface area contributed by atoms with Crippen molar-refractivity contribution in [3.63, 3.8) is 0 Å². The van der Waals surface area contributed by atoms with Gasteiger partial charge in [0.25, 0.3) is 0 Å². The van der Waals surface area contributed by atoms with Crippen LogP contribution in [0.25, 0.3) is 11.5 Å². The standard InChI is InChI=1S/C21H29N7O3S/c1-14-10-23-16(11-22-14)9-15(2)32-27-21-26-25-20(18-7-6-8-19(24-18)31-5)28(21)17(12-29-3)13-30-4/h6-8,10-11,15,17H,9,12-13H2,1-5H3,(H,26,27)/t15-/m0/s1. The summed E-state index contributed by atoms with van der Waals surface area (Å²) in [5, 5.41) is 9.01. The van der Waals surface area contributed by atoms with Crippen LogP contribution in [0, 0.1) is 6.92 Å². The van der Waals surface area contributed by atoms with Crippen molar-refractivity contribution in [2.75, 3.05) is 39.3 Å². The van der Waals surface area contributed by atoms with Crippen LogP contribution in [0.2, 0.25) is 0 Å². The Morgan fingerprint density at radius 3 is 2.50 bits per heavy atom. The monoisotopic (exact) mass is 459 g/mol. The molecule has 0 aliphatic heterocycles. The molecule has 0 aliphatic carbocycles. The van der Waals surface area contributed by atoms with E-state index in [9.17, 15) is 0 Å². The van der Waals surface area contributed by atoms with Crippen LogP contribution >= 0.6 is 11.9 Å². The summed E-state index contributed by atoms with van der Waals surface area (Å²) in [7, 11) is 4.89. The average Bonchev–Trinajstić information content (AvgIpc) is 3.23. The number of aromatic nitrogens is 6. The van der Waals surface area contributed by atoms with Crippen LogP contribution in [0.4, 0.5) is 5.95 Å². The van der Waals surface area contributed by atoms with Crippen molar-refractivity contribution >= 4 is 17.9 Å². The van der Waals surface area contributed by atoms with E-state index in [-0.39, 0.29) is 11.3 Å². The molecule has 0 amide bonds. The van der Waals surface area contributed by atoms with E-state index in [2.05, 4.69) is 36.8 Å².